The standard InChI is InChI=1S/C14H15N3O/c1-10-6-8-11(9-7-10)16-13-5-3-2-4-12(13)14(18)17-15/h2-9,16H,15H2,1H3,(H,17,18). The number of amides is 1. The molecule has 0 aliphatic carbocycles. The first-order chi connectivity index (χ1) is 8.70. The minimum absolute atomic E-state index is 0.315. The van der Waals surface area contributed by atoms with Gasteiger partial charge in [0.05, 0.1) is 11.3 Å². The lowest BCUT2D eigenvalue weighted by atomic mass is 10.1. The molecule has 0 bridgehead atoms. The van der Waals surface area contributed by atoms with Crippen LogP contribution in [-0.2, 0) is 0 Å². The molecule has 0 radical (unpaired) electrons. The predicted molar refractivity (Wildman–Crippen MR) is 72.6 cm³/mol. The number of hydrazine groups is 1. The predicted octanol–water partition coefficient (Wildman–Crippen LogP) is 2.34. The van der Waals surface area contributed by atoms with Crippen LogP contribution in [0.15, 0.2) is 48.5 Å². The topological polar surface area (TPSA) is 67.2 Å². The molecule has 2 aromatic rings. The van der Waals surface area contributed by atoms with Crippen LogP contribution in [0.25, 0.3) is 0 Å². The van der Waals surface area contributed by atoms with Crippen molar-refractivity contribution in [3.63, 3.8) is 0 Å². The lowest BCUT2D eigenvalue weighted by molar-refractivity contribution is 0.0954. The van der Waals surface area contributed by atoms with Crippen LogP contribution in [0.3, 0.4) is 0 Å². The SMILES string of the molecule is Cc1ccc(Nc2ccccc2C(=O)NN)cc1. The number of para-hydroxylation sites is 1. The van der Waals surface area contributed by atoms with Gasteiger partial charge in [0.25, 0.3) is 5.91 Å². The zero-order chi connectivity index (χ0) is 13.0. The summed E-state index contributed by atoms with van der Waals surface area (Å²) in [4.78, 5) is 11.6. The van der Waals surface area contributed by atoms with Crippen molar-refractivity contribution >= 4 is 17.3 Å². The second-order valence-corrected chi connectivity index (χ2v) is 4.01. The molecule has 4 nitrogen and oxygen atoms in total. The molecule has 1 amide bonds. The molecule has 0 aliphatic rings. The smallest absolute Gasteiger partial charge is 0.267 e. The highest BCUT2D eigenvalue weighted by atomic mass is 16.2. The molecule has 4 N–H and O–H groups in total. The van der Waals surface area contributed by atoms with Crippen molar-refractivity contribution in [2.24, 2.45) is 5.84 Å². The third-order valence-electron chi connectivity index (χ3n) is 2.63. The third kappa shape index (κ3) is 2.67. The zero-order valence-corrected chi connectivity index (χ0v) is 10.1. The van der Waals surface area contributed by atoms with Gasteiger partial charge in [-0.25, -0.2) is 5.84 Å². The molecule has 0 saturated carbocycles. The van der Waals surface area contributed by atoms with Crippen molar-refractivity contribution in [3.05, 3.63) is 59.7 Å². The van der Waals surface area contributed by atoms with Crippen molar-refractivity contribution in [1.82, 2.24) is 5.43 Å². The van der Waals surface area contributed by atoms with E-state index in [1.165, 1.54) is 5.56 Å². The minimum atomic E-state index is -0.315. The van der Waals surface area contributed by atoms with E-state index >= 15 is 0 Å². The van der Waals surface area contributed by atoms with E-state index in [1.807, 2.05) is 43.3 Å². The van der Waals surface area contributed by atoms with Crippen LogP contribution in [-0.4, -0.2) is 5.91 Å². The maximum absolute atomic E-state index is 11.6. The van der Waals surface area contributed by atoms with Gasteiger partial charge in [0, 0.05) is 5.69 Å². The Balaban J connectivity index is 2.28. The number of nitrogens with two attached hydrogens (primary N) is 1. The lowest BCUT2D eigenvalue weighted by Gasteiger charge is -2.11. The first-order valence-electron chi connectivity index (χ1n) is 5.64. The molecule has 18 heavy (non-hydrogen) atoms. The monoisotopic (exact) mass is 241 g/mol. The van der Waals surface area contributed by atoms with E-state index in [-0.39, 0.29) is 5.91 Å². The molecule has 0 fully saturated rings. The number of carbonyl (C=O) groups excluding carboxylic acids is 1. The fourth-order valence-electron chi connectivity index (χ4n) is 1.66. The van der Waals surface area contributed by atoms with E-state index in [0.717, 1.165) is 11.4 Å². The van der Waals surface area contributed by atoms with Gasteiger partial charge in [0.2, 0.25) is 0 Å². The number of hydrogen-bond acceptors (Lipinski definition) is 3. The molecule has 0 saturated heterocycles. The van der Waals surface area contributed by atoms with Crippen LogP contribution >= 0.6 is 0 Å². The summed E-state index contributed by atoms with van der Waals surface area (Å²) in [5.41, 5.74) is 5.50. The van der Waals surface area contributed by atoms with Crippen molar-refractivity contribution in [1.29, 1.82) is 0 Å². The molecule has 0 atom stereocenters. The van der Waals surface area contributed by atoms with Gasteiger partial charge in [0.15, 0.2) is 0 Å². The number of nitrogens with one attached hydrogen (secondary N) is 2. The molecule has 0 unspecified atom stereocenters. The van der Waals surface area contributed by atoms with E-state index < -0.39 is 0 Å². The van der Waals surface area contributed by atoms with Gasteiger partial charge in [-0.3, -0.25) is 10.2 Å². The van der Waals surface area contributed by atoms with Gasteiger partial charge in [0.1, 0.15) is 0 Å². The fraction of sp³-hybridized carbons (Fsp3) is 0.0714. The van der Waals surface area contributed by atoms with Crippen molar-refractivity contribution in [3.8, 4) is 0 Å². The van der Waals surface area contributed by atoms with Crippen LogP contribution in [0.4, 0.5) is 11.4 Å². The quantitative estimate of drug-likeness (QED) is 0.439. The Kier molecular flexibility index (Phi) is 3.60. The number of hydrogen-bond donors (Lipinski definition) is 3. The Bertz CT molecular complexity index is 549. The van der Waals surface area contributed by atoms with Crippen LogP contribution in [0.2, 0.25) is 0 Å². The molecule has 2 rings (SSSR count). The van der Waals surface area contributed by atoms with E-state index in [9.17, 15) is 4.79 Å². The summed E-state index contributed by atoms with van der Waals surface area (Å²) in [5, 5.41) is 3.20. The number of nitrogen functional groups attached to an aromatic ring is 1. The second-order valence-electron chi connectivity index (χ2n) is 4.01. The third-order valence-corrected chi connectivity index (χ3v) is 2.63. The van der Waals surface area contributed by atoms with Crippen LogP contribution < -0.4 is 16.6 Å². The molecule has 0 aromatic heterocycles. The van der Waals surface area contributed by atoms with Gasteiger partial charge in [-0.2, -0.15) is 0 Å². The second kappa shape index (κ2) is 5.33. The average molecular weight is 241 g/mol. The molecule has 92 valence electrons. The molecule has 0 heterocycles. The summed E-state index contributed by atoms with van der Waals surface area (Å²) in [7, 11) is 0. The fourth-order valence-corrected chi connectivity index (χ4v) is 1.66. The average Bonchev–Trinajstić information content (AvgIpc) is 2.41. The highest BCUT2D eigenvalue weighted by molar-refractivity contribution is 5.99. The highest BCUT2D eigenvalue weighted by Gasteiger charge is 2.09. The largest absolute Gasteiger partial charge is 0.355 e. The molecule has 0 spiro atoms. The summed E-state index contributed by atoms with van der Waals surface area (Å²) in [6, 6.07) is 15.2. The summed E-state index contributed by atoms with van der Waals surface area (Å²) < 4.78 is 0. The Labute approximate surface area is 106 Å². The van der Waals surface area contributed by atoms with E-state index in [4.69, 9.17) is 5.84 Å². The van der Waals surface area contributed by atoms with Crippen LogP contribution in [0.1, 0.15) is 15.9 Å². The van der Waals surface area contributed by atoms with Crippen molar-refractivity contribution < 1.29 is 4.79 Å². The van der Waals surface area contributed by atoms with Gasteiger partial charge >= 0.3 is 0 Å². The van der Waals surface area contributed by atoms with E-state index in [0.29, 0.717) is 5.56 Å². The number of rotatable bonds is 3. The normalized spacial score (nSPS) is 9.89. The number of aryl methyl sites for hydroxylation is 1. The Morgan fingerprint density at radius 1 is 1.06 bits per heavy atom. The summed E-state index contributed by atoms with van der Waals surface area (Å²) >= 11 is 0. The molecule has 4 heteroatoms. The van der Waals surface area contributed by atoms with Gasteiger partial charge < -0.3 is 5.32 Å². The summed E-state index contributed by atoms with van der Waals surface area (Å²) in [5.74, 6) is 4.84. The Morgan fingerprint density at radius 3 is 2.39 bits per heavy atom. The summed E-state index contributed by atoms with van der Waals surface area (Å²) in [6.45, 7) is 2.03. The van der Waals surface area contributed by atoms with Crippen LogP contribution in [0, 0.1) is 6.92 Å². The van der Waals surface area contributed by atoms with Crippen molar-refractivity contribution in [2.45, 2.75) is 6.92 Å². The van der Waals surface area contributed by atoms with Crippen molar-refractivity contribution in [2.75, 3.05) is 5.32 Å². The van der Waals surface area contributed by atoms with E-state index in [2.05, 4.69) is 10.7 Å². The Morgan fingerprint density at radius 2 is 1.72 bits per heavy atom. The molecule has 0 aliphatic heterocycles. The van der Waals surface area contributed by atoms with Gasteiger partial charge in [-0.1, -0.05) is 29.8 Å². The summed E-state index contributed by atoms with van der Waals surface area (Å²) in [6.07, 6.45) is 0. The number of benzene rings is 2. The Hall–Kier alpha value is -2.33. The number of carbonyl (C=O) groups is 1. The van der Waals surface area contributed by atoms with Gasteiger partial charge in [-0.15, -0.1) is 0 Å². The number of anilines is 2. The van der Waals surface area contributed by atoms with Gasteiger partial charge in [-0.05, 0) is 31.2 Å². The lowest BCUT2D eigenvalue weighted by Crippen LogP contribution is -2.30. The molecule has 2 aromatic carbocycles. The maximum atomic E-state index is 11.6. The first-order valence-corrected chi connectivity index (χ1v) is 5.64. The van der Waals surface area contributed by atoms with E-state index in [1.54, 1.807) is 12.1 Å². The minimum Gasteiger partial charge on any atom is -0.355 e. The van der Waals surface area contributed by atoms with Crippen LogP contribution in [0.5, 0.6) is 0 Å². The molecular formula is C14H15N3O. The molecular weight excluding hydrogens is 226 g/mol. The highest BCUT2D eigenvalue weighted by Crippen LogP contribution is 2.20. The zero-order valence-electron chi connectivity index (χ0n) is 10.1. The maximum Gasteiger partial charge on any atom is 0.267 e. The first kappa shape index (κ1) is 12.1.